The first kappa shape index (κ1) is 16.2. The van der Waals surface area contributed by atoms with Crippen molar-refractivity contribution in [1.82, 2.24) is 5.32 Å². The second-order valence-electron chi connectivity index (χ2n) is 5.95. The van der Waals surface area contributed by atoms with E-state index in [1.54, 1.807) is 7.11 Å². The highest BCUT2D eigenvalue weighted by molar-refractivity contribution is 6.33. The Kier molecular flexibility index (Phi) is 5.09. The van der Waals surface area contributed by atoms with Crippen LogP contribution in [-0.2, 0) is 12.8 Å². The molecule has 1 atom stereocenters. The van der Waals surface area contributed by atoms with Gasteiger partial charge in [-0.15, -0.1) is 0 Å². The van der Waals surface area contributed by atoms with E-state index in [1.165, 1.54) is 16.7 Å². The van der Waals surface area contributed by atoms with Crippen molar-refractivity contribution in [1.29, 1.82) is 0 Å². The van der Waals surface area contributed by atoms with Crippen LogP contribution >= 0.6 is 11.6 Å². The molecule has 3 rings (SSSR count). The number of nitrogens with one attached hydrogen (secondary N) is 2. The van der Waals surface area contributed by atoms with Crippen LogP contribution in [-0.4, -0.2) is 20.2 Å². The Morgan fingerprint density at radius 1 is 1.17 bits per heavy atom. The van der Waals surface area contributed by atoms with Gasteiger partial charge >= 0.3 is 0 Å². The van der Waals surface area contributed by atoms with E-state index in [2.05, 4.69) is 35.8 Å². The van der Waals surface area contributed by atoms with Crippen LogP contribution in [0.15, 0.2) is 36.4 Å². The fraction of sp³-hybridized carbons (Fsp3) is 0.368. The van der Waals surface area contributed by atoms with Crippen molar-refractivity contribution < 1.29 is 4.74 Å². The van der Waals surface area contributed by atoms with Crippen molar-refractivity contribution in [2.45, 2.75) is 25.8 Å². The van der Waals surface area contributed by atoms with E-state index >= 15 is 0 Å². The van der Waals surface area contributed by atoms with Crippen LogP contribution in [0.2, 0.25) is 5.02 Å². The number of rotatable bonds is 4. The minimum absolute atomic E-state index is 0.158. The Balaban J connectivity index is 1.89. The highest BCUT2D eigenvalue weighted by Gasteiger charge is 2.17. The molecule has 23 heavy (non-hydrogen) atoms. The molecule has 0 amide bonds. The molecule has 0 aliphatic carbocycles. The highest BCUT2D eigenvalue weighted by atomic mass is 35.5. The summed E-state index contributed by atoms with van der Waals surface area (Å²) in [7, 11) is 1.69. The summed E-state index contributed by atoms with van der Waals surface area (Å²) in [5, 5.41) is 7.86. The van der Waals surface area contributed by atoms with Crippen molar-refractivity contribution in [2.75, 3.05) is 25.5 Å². The Morgan fingerprint density at radius 3 is 2.83 bits per heavy atom. The summed E-state index contributed by atoms with van der Waals surface area (Å²) in [6.07, 6.45) is 2.05. The third kappa shape index (κ3) is 3.62. The monoisotopic (exact) mass is 330 g/mol. The fourth-order valence-corrected chi connectivity index (χ4v) is 3.34. The number of methoxy groups -OCH3 is 1. The molecule has 2 aromatic rings. The summed E-state index contributed by atoms with van der Waals surface area (Å²) in [6.45, 7) is 4.18. The average Bonchev–Trinajstić information content (AvgIpc) is 2.83. The van der Waals surface area contributed by atoms with Crippen LogP contribution in [0.25, 0.3) is 0 Å². The van der Waals surface area contributed by atoms with Gasteiger partial charge in [0.15, 0.2) is 0 Å². The highest BCUT2D eigenvalue weighted by Crippen LogP contribution is 2.33. The van der Waals surface area contributed by atoms with Gasteiger partial charge in [0.05, 0.1) is 17.8 Å². The summed E-state index contributed by atoms with van der Waals surface area (Å²) in [6, 6.07) is 12.5. The lowest BCUT2D eigenvalue weighted by Gasteiger charge is -2.21. The zero-order chi connectivity index (χ0) is 16.2. The van der Waals surface area contributed by atoms with Gasteiger partial charge in [-0.3, -0.25) is 0 Å². The lowest BCUT2D eigenvalue weighted by Crippen LogP contribution is -2.16. The van der Waals surface area contributed by atoms with Gasteiger partial charge in [0.2, 0.25) is 0 Å². The molecule has 1 heterocycles. The van der Waals surface area contributed by atoms with E-state index in [9.17, 15) is 0 Å². The van der Waals surface area contributed by atoms with Crippen LogP contribution in [0.5, 0.6) is 5.75 Å². The van der Waals surface area contributed by atoms with Gasteiger partial charge in [0.25, 0.3) is 0 Å². The van der Waals surface area contributed by atoms with Crippen molar-refractivity contribution in [3.05, 3.63) is 58.1 Å². The van der Waals surface area contributed by atoms with Gasteiger partial charge in [-0.05, 0) is 67.7 Å². The molecule has 0 radical (unpaired) electrons. The predicted molar refractivity (Wildman–Crippen MR) is 96.8 cm³/mol. The van der Waals surface area contributed by atoms with Crippen molar-refractivity contribution in [3.63, 3.8) is 0 Å². The molecule has 1 aliphatic rings. The largest absolute Gasteiger partial charge is 0.497 e. The fourth-order valence-electron chi connectivity index (χ4n) is 3.11. The predicted octanol–water partition coefficient (Wildman–Crippen LogP) is 4.21. The lowest BCUT2D eigenvalue weighted by atomic mass is 9.99. The van der Waals surface area contributed by atoms with E-state index in [0.717, 1.165) is 42.4 Å². The first-order chi connectivity index (χ1) is 11.2. The number of halogens is 1. The summed E-state index contributed by atoms with van der Waals surface area (Å²) < 4.78 is 5.32. The number of anilines is 1. The summed E-state index contributed by atoms with van der Waals surface area (Å²) in [4.78, 5) is 0. The van der Waals surface area contributed by atoms with E-state index in [0.29, 0.717) is 0 Å². The molecule has 2 N–H and O–H groups in total. The Bertz CT molecular complexity index is 687. The zero-order valence-electron chi connectivity index (χ0n) is 13.7. The Morgan fingerprint density at radius 2 is 2.00 bits per heavy atom. The molecule has 2 aromatic carbocycles. The molecule has 0 saturated heterocycles. The van der Waals surface area contributed by atoms with Gasteiger partial charge in [-0.2, -0.15) is 0 Å². The maximum atomic E-state index is 6.50. The van der Waals surface area contributed by atoms with Crippen LogP contribution in [0, 0.1) is 0 Å². The Labute approximate surface area is 143 Å². The van der Waals surface area contributed by atoms with E-state index in [4.69, 9.17) is 16.3 Å². The molecule has 1 unspecified atom stereocenters. The molecule has 1 aliphatic heterocycles. The first-order valence-electron chi connectivity index (χ1n) is 8.10. The Hall–Kier alpha value is -1.71. The molecule has 122 valence electrons. The minimum Gasteiger partial charge on any atom is -0.497 e. The van der Waals surface area contributed by atoms with Crippen LogP contribution in [0.4, 0.5) is 5.69 Å². The van der Waals surface area contributed by atoms with Crippen molar-refractivity contribution in [3.8, 4) is 5.75 Å². The van der Waals surface area contributed by atoms with Crippen LogP contribution < -0.4 is 15.4 Å². The number of ether oxygens (including phenoxy) is 1. The molecule has 4 heteroatoms. The zero-order valence-corrected chi connectivity index (χ0v) is 14.4. The van der Waals surface area contributed by atoms with Crippen molar-refractivity contribution in [2.24, 2.45) is 0 Å². The molecular weight excluding hydrogens is 308 g/mol. The molecular formula is C19H23ClN2O. The van der Waals surface area contributed by atoms with Crippen LogP contribution in [0.3, 0.4) is 0 Å². The van der Waals surface area contributed by atoms with E-state index in [1.807, 2.05) is 18.2 Å². The number of benzene rings is 2. The average molecular weight is 331 g/mol. The quantitative estimate of drug-likeness (QED) is 0.881. The topological polar surface area (TPSA) is 33.3 Å². The normalized spacial score (nSPS) is 15.4. The third-order valence-corrected chi connectivity index (χ3v) is 4.75. The van der Waals surface area contributed by atoms with Gasteiger partial charge in [-0.1, -0.05) is 29.8 Å². The van der Waals surface area contributed by atoms with E-state index in [-0.39, 0.29) is 6.04 Å². The minimum atomic E-state index is 0.158. The summed E-state index contributed by atoms with van der Waals surface area (Å²) in [5.74, 6) is 0.873. The second kappa shape index (κ2) is 7.24. The number of hydrogen-bond donors (Lipinski definition) is 2. The third-order valence-electron chi connectivity index (χ3n) is 4.44. The van der Waals surface area contributed by atoms with Gasteiger partial charge in [-0.25, -0.2) is 0 Å². The lowest BCUT2D eigenvalue weighted by molar-refractivity contribution is 0.414. The van der Waals surface area contributed by atoms with E-state index < -0.39 is 0 Å². The van der Waals surface area contributed by atoms with Crippen LogP contribution in [0.1, 0.15) is 29.7 Å². The number of hydrogen-bond acceptors (Lipinski definition) is 3. The molecule has 3 nitrogen and oxygen atoms in total. The molecule has 0 fully saturated rings. The smallest absolute Gasteiger partial charge is 0.119 e. The number of fused-ring (bicyclic) bond motifs is 1. The van der Waals surface area contributed by atoms with Gasteiger partial charge in [0, 0.05) is 6.04 Å². The maximum absolute atomic E-state index is 6.50. The van der Waals surface area contributed by atoms with Gasteiger partial charge < -0.3 is 15.4 Å². The maximum Gasteiger partial charge on any atom is 0.119 e. The standard InChI is InChI=1S/C19H23ClN2O/c1-13(15-4-3-5-16(12-15)23-2)22-19-17-9-11-21-10-8-14(17)6-7-18(19)20/h3-7,12-13,21-22H,8-11H2,1-2H3. The molecule has 0 saturated carbocycles. The van der Waals surface area contributed by atoms with Gasteiger partial charge in [0.1, 0.15) is 5.75 Å². The molecule has 0 aromatic heterocycles. The first-order valence-corrected chi connectivity index (χ1v) is 8.48. The SMILES string of the molecule is COc1cccc(C(C)Nc2c(Cl)ccc3c2CCNCC3)c1. The molecule has 0 bridgehead atoms. The molecule has 0 spiro atoms. The van der Waals surface area contributed by atoms with Crippen molar-refractivity contribution >= 4 is 17.3 Å². The summed E-state index contributed by atoms with van der Waals surface area (Å²) >= 11 is 6.50. The second-order valence-corrected chi connectivity index (χ2v) is 6.36. The summed E-state index contributed by atoms with van der Waals surface area (Å²) in [5.41, 5.74) is 4.99.